The van der Waals surface area contributed by atoms with Gasteiger partial charge in [-0.1, -0.05) is 54.1 Å². The van der Waals surface area contributed by atoms with Crippen LogP contribution in [0.1, 0.15) is 16.7 Å². The Morgan fingerprint density at radius 1 is 1.00 bits per heavy atom. The minimum atomic E-state index is -0.862. The SMILES string of the molecule is NC(=O)NCc1ccc(NC(=O)C(Cc2ccccc2)NC(=O)C=Cc2cc(Cl)ccc2-n2cnnn2)cc1. The number of halogens is 1. The molecule has 0 bridgehead atoms. The van der Waals surface area contributed by atoms with Crippen molar-refractivity contribution in [3.05, 3.63) is 107 Å². The zero-order chi connectivity index (χ0) is 27.6. The van der Waals surface area contributed by atoms with E-state index in [4.69, 9.17) is 17.3 Å². The molecule has 4 rings (SSSR count). The zero-order valence-electron chi connectivity index (χ0n) is 20.6. The number of rotatable bonds is 10. The highest BCUT2D eigenvalue weighted by atomic mass is 35.5. The van der Waals surface area contributed by atoms with Gasteiger partial charge in [0.25, 0.3) is 0 Å². The van der Waals surface area contributed by atoms with Crippen LogP contribution in [0.4, 0.5) is 10.5 Å². The number of primary amides is 1. The van der Waals surface area contributed by atoms with Crippen molar-refractivity contribution >= 4 is 41.2 Å². The van der Waals surface area contributed by atoms with Crippen LogP contribution in [-0.2, 0) is 22.6 Å². The minimum Gasteiger partial charge on any atom is -0.352 e. The molecular formula is C27H25ClN8O3. The number of hydrogen-bond acceptors (Lipinski definition) is 6. The van der Waals surface area contributed by atoms with Gasteiger partial charge in [-0.2, -0.15) is 4.68 Å². The molecule has 1 aromatic heterocycles. The quantitative estimate of drug-likeness (QED) is 0.225. The third kappa shape index (κ3) is 7.98. The van der Waals surface area contributed by atoms with Crippen LogP contribution in [0.25, 0.3) is 11.8 Å². The first-order chi connectivity index (χ1) is 18.9. The molecule has 1 heterocycles. The van der Waals surface area contributed by atoms with Gasteiger partial charge in [0, 0.05) is 35.3 Å². The zero-order valence-corrected chi connectivity index (χ0v) is 21.4. The van der Waals surface area contributed by atoms with Crippen molar-refractivity contribution in [2.45, 2.75) is 19.0 Å². The van der Waals surface area contributed by atoms with Crippen molar-refractivity contribution in [2.75, 3.05) is 5.32 Å². The number of urea groups is 1. The summed E-state index contributed by atoms with van der Waals surface area (Å²) in [6.07, 6.45) is 4.61. The number of nitrogens with zero attached hydrogens (tertiary/aromatic N) is 4. The first-order valence-corrected chi connectivity index (χ1v) is 12.2. The van der Waals surface area contributed by atoms with Crippen molar-refractivity contribution in [1.29, 1.82) is 0 Å². The van der Waals surface area contributed by atoms with Crippen molar-refractivity contribution < 1.29 is 14.4 Å². The molecule has 0 saturated heterocycles. The van der Waals surface area contributed by atoms with Gasteiger partial charge >= 0.3 is 6.03 Å². The van der Waals surface area contributed by atoms with Crippen LogP contribution in [0.5, 0.6) is 0 Å². The number of amides is 4. The van der Waals surface area contributed by atoms with Crippen molar-refractivity contribution in [3.8, 4) is 5.69 Å². The Morgan fingerprint density at radius 3 is 2.46 bits per heavy atom. The van der Waals surface area contributed by atoms with Crippen LogP contribution < -0.4 is 21.7 Å². The molecule has 0 saturated carbocycles. The monoisotopic (exact) mass is 544 g/mol. The van der Waals surface area contributed by atoms with Gasteiger partial charge in [0.2, 0.25) is 11.8 Å². The van der Waals surface area contributed by atoms with Gasteiger partial charge in [-0.05, 0) is 58.0 Å². The van der Waals surface area contributed by atoms with Crippen molar-refractivity contribution in [2.24, 2.45) is 5.73 Å². The standard InChI is InChI=1S/C27H25ClN8O3/c28-21-9-12-24(36-17-31-34-35-36)20(15-21)8-13-25(37)33-23(14-18-4-2-1-3-5-18)26(38)32-22-10-6-19(7-11-22)16-30-27(29)39/h1-13,15,17,23H,14,16H2,(H,32,38)(H,33,37)(H3,29,30,39). The Bertz CT molecular complexity index is 1460. The van der Waals surface area contributed by atoms with Gasteiger partial charge in [0.15, 0.2) is 0 Å². The highest BCUT2D eigenvalue weighted by molar-refractivity contribution is 6.30. The Kier molecular flexibility index (Phi) is 8.99. The van der Waals surface area contributed by atoms with Crippen LogP contribution in [-0.4, -0.2) is 44.1 Å². The number of carbonyl (C=O) groups excluding carboxylic acids is 3. The lowest BCUT2D eigenvalue weighted by Gasteiger charge is -2.18. The normalized spacial score (nSPS) is 11.6. The van der Waals surface area contributed by atoms with E-state index >= 15 is 0 Å². The predicted molar refractivity (Wildman–Crippen MR) is 147 cm³/mol. The molecule has 1 unspecified atom stereocenters. The van der Waals surface area contributed by atoms with E-state index in [-0.39, 0.29) is 18.9 Å². The molecule has 0 aliphatic rings. The number of hydrogen-bond donors (Lipinski definition) is 4. The maximum atomic E-state index is 13.2. The Balaban J connectivity index is 1.48. The number of nitrogens with one attached hydrogen (secondary N) is 3. The van der Waals surface area contributed by atoms with E-state index in [2.05, 4.69) is 31.5 Å². The fourth-order valence-corrected chi connectivity index (χ4v) is 3.89. The Hall–Kier alpha value is -5.03. The highest BCUT2D eigenvalue weighted by Gasteiger charge is 2.21. The highest BCUT2D eigenvalue weighted by Crippen LogP contribution is 2.20. The summed E-state index contributed by atoms with van der Waals surface area (Å²) in [4.78, 5) is 37.1. The molecule has 1 atom stereocenters. The first-order valence-electron chi connectivity index (χ1n) is 11.9. The lowest BCUT2D eigenvalue weighted by Crippen LogP contribution is -2.44. The first kappa shape index (κ1) is 27.0. The average molecular weight is 545 g/mol. The number of tetrazole rings is 1. The van der Waals surface area contributed by atoms with E-state index in [1.807, 2.05) is 30.3 Å². The van der Waals surface area contributed by atoms with Gasteiger partial charge < -0.3 is 21.7 Å². The average Bonchev–Trinajstić information content (AvgIpc) is 3.46. The van der Waals surface area contributed by atoms with Gasteiger partial charge in [0.1, 0.15) is 12.4 Å². The third-order valence-electron chi connectivity index (χ3n) is 5.60. The van der Waals surface area contributed by atoms with Gasteiger partial charge in [-0.15, -0.1) is 5.10 Å². The number of aromatic nitrogens is 4. The lowest BCUT2D eigenvalue weighted by molar-refractivity contribution is -0.123. The maximum absolute atomic E-state index is 13.2. The Labute approximate surface area is 229 Å². The molecule has 4 aromatic rings. The summed E-state index contributed by atoms with van der Waals surface area (Å²) >= 11 is 6.16. The second-order valence-corrected chi connectivity index (χ2v) is 8.88. The van der Waals surface area contributed by atoms with E-state index in [1.165, 1.54) is 17.1 Å². The fraction of sp³-hybridized carbons (Fsp3) is 0.111. The third-order valence-corrected chi connectivity index (χ3v) is 5.84. The largest absolute Gasteiger partial charge is 0.352 e. The van der Waals surface area contributed by atoms with Crippen molar-refractivity contribution in [3.63, 3.8) is 0 Å². The summed E-state index contributed by atoms with van der Waals surface area (Å²) in [7, 11) is 0. The smallest absolute Gasteiger partial charge is 0.312 e. The number of nitrogens with two attached hydrogens (primary N) is 1. The van der Waals surface area contributed by atoms with E-state index in [9.17, 15) is 14.4 Å². The van der Waals surface area contributed by atoms with Gasteiger partial charge in [-0.25, -0.2) is 4.79 Å². The number of anilines is 1. The molecular weight excluding hydrogens is 520 g/mol. The van der Waals surface area contributed by atoms with Crippen LogP contribution in [0.15, 0.2) is 85.2 Å². The predicted octanol–water partition coefficient (Wildman–Crippen LogP) is 2.86. The molecule has 5 N–H and O–H groups in total. The topological polar surface area (TPSA) is 157 Å². The maximum Gasteiger partial charge on any atom is 0.312 e. The van der Waals surface area contributed by atoms with E-state index in [1.54, 1.807) is 48.5 Å². The molecule has 39 heavy (non-hydrogen) atoms. The second kappa shape index (κ2) is 13.0. The molecule has 0 spiro atoms. The molecule has 0 aliphatic heterocycles. The van der Waals surface area contributed by atoms with Crippen LogP contribution in [0, 0.1) is 0 Å². The molecule has 0 aliphatic carbocycles. The van der Waals surface area contributed by atoms with E-state index in [0.29, 0.717) is 22.0 Å². The molecule has 4 amide bonds. The summed E-state index contributed by atoms with van der Waals surface area (Å²) in [5, 5.41) is 19.8. The number of carbonyl (C=O) groups is 3. The molecule has 12 heteroatoms. The summed E-state index contributed by atoms with van der Waals surface area (Å²) in [5.41, 5.74) is 8.57. The molecule has 11 nitrogen and oxygen atoms in total. The lowest BCUT2D eigenvalue weighted by atomic mass is 10.0. The Morgan fingerprint density at radius 2 is 1.77 bits per heavy atom. The minimum absolute atomic E-state index is 0.268. The van der Waals surface area contributed by atoms with Crippen molar-refractivity contribution in [1.82, 2.24) is 30.8 Å². The summed E-state index contributed by atoms with van der Waals surface area (Å²) in [6, 6.07) is 19.9. The van der Waals surface area contributed by atoms with Crippen LogP contribution in [0.2, 0.25) is 5.02 Å². The van der Waals surface area contributed by atoms with Gasteiger partial charge in [-0.3, -0.25) is 9.59 Å². The molecule has 198 valence electrons. The fourth-order valence-electron chi connectivity index (χ4n) is 3.71. The van der Waals surface area contributed by atoms with Crippen LogP contribution in [0.3, 0.4) is 0 Å². The molecule has 0 radical (unpaired) electrons. The molecule has 0 fully saturated rings. The van der Waals surface area contributed by atoms with Gasteiger partial charge in [0.05, 0.1) is 5.69 Å². The summed E-state index contributed by atoms with van der Waals surface area (Å²) in [6.45, 7) is 0.268. The van der Waals surface area contributed by atoms with Crippen LogP contribution >= 0.6 is 11.6 Å². The van der Waals surface area contributed by atoms with E-state index < -0.39 is 18.0 Å². The summed E-state index contributed by atoms with van der Waals surface area (Å²) in [5.74, 6) is -0.859. The second-order valence-electron chi connectivity index (χ2n) is 8.45. The molecule has 3 aromatic carbocycles. The van der Waals surface area contributed by atoms with E-state index in [0.717, 1.165) is 11.1 Å². The summed E-state index contributed by atoms with van der Waals surface area (Å²) < 4.78 is 1.45. The number of benzene rings is 3.